The van der Waals surface area contributed by atoms with Gasteiger partial charge in [0.1, 0.15) is 17.3 Å². The zero-order valence-electron chi connectivity index (χ0n) is 18.1. The number of hydrogen-bond donors (Lipinski definition) is 1. The van der Waals surface area contributed by atoms with E-state index in [1.165, 1.54) is 31.3 Å². The smallest absolute Gasteiger partial charge is 0.355 e. The fourth-order valence-electron chi connectivity index (χ4n) is 3.78. The van der Waals surface area contributed by atoms with Crippen LogP contribution in [0.5, 0.6) is 0 Å². The quantitative estimate of drug-likeness (QED) is 0.734. The summed E-state index contributed by atoms with van der Waals surface area (Å²) >= 11 is 0. The Morgan fingerprint density at radius 3 is 2.22 bits per heavy atom. The molecule has 0 aromatic heterocycles. The molecule has 2 aromatic rings. The summed E-state index contributed by atoms with van der Waals surface area (Å²) in [6.07, 6.45) is 0. The summed E-state index contributed by atoms with van der Waals surface area (Å²) in [5.41, 5.74) is 7.91. The highest BCUT2D eigenvalue weighted by Gasteiger charge is 2.43. The van der Waals surface area contributed by atoms with Crippen molar-refractivity contribution in [3.8, 4) is 6.07 Å². The number of benzene rings is 2. The molecule has 3 rings (SSSR count). The molecule has 0 saturated heterocycles. The number of methoxy groups -OCH3 is 2. The van der Waals surface area contributed by atoms with Crippen LogP contribution in [0, 0.1) is 31.0 Å². The number of rotatable bonds is 4. The van der Waals surface area contributed by atoms with Gasteiger partial charge in [-0.3, -0.25) is 4.90 Å². The highest BCUT2D eigenvalue weighted by Crippen LogP contribution is 2.44. The van der Waals surface area contributed by atoms with E-state index in [0.717, 1.165) is 0 Å². The van der Waals surface area contributed by atoms with Crippen LogP contribution in [-0.2, 0) is 19.1 Å². The molecule has 1 heterocycles. The number of hydrogen-bond acceptors (Lipinski definition) is 7. The van der Waals surface area contributed by atoms with E-state index in [0.29, 0.717) is 22.4 Å². The first-order valence-corrected chi connectivity index (χ1v) is 9.69. The van der Waals surface area contributed by atoms with Crippen LogP contribution in [0.2, 0.25) is 0 Å². The molecule has 1 aliphatic rings. The Morgan fingerprint density at radius 1 is 1.03 bits per heavy atom. The highest BCUT2D eigenvalue weighted by molar-refractivity contribution is 6.06. The lowest BCUT2D eigenvalue weighted by atomic mass is 9.80. The Morgan fingerprint density at radius 2 is 1.66 bits per heavy atom. The maximum atomic E-state index is 14.1. The molecule has 7 nitrogen and oxygen atoms in total. The number of esters is 2. The fraction of sp³-hybridized carbons (Fsp3) is 0.208. The Balaban J connectivity index is 2.46. The second kappa shape index (κ2) is 8.94. The molecule has 1 unspecified atom stereocenters. The van der Waals surface area contributed by atoms with E-state index in [-0.39, 0.29) is 22.7 Å². The Bertz CT molecular complexity index is 1200. The summed E-state index contributed by atoms with van der Waals surface area (Å²) in [7, 11) is 2.35. The number of nitrogens with two attached hydrogens (primary N) is 1. The third kappa shape index (κ3) is 3.58. The maximum Gasteiger partial charge on any atom is 0.355 e. The molecule has 0 radical (unpaired) electrons. The molecule has 0 amide bonds. The molecule has 0 saturated carbocycles. The molecule has 1 aliphatic heterocycles. The first-order valence-electron chi connectivity index (χ1n) is 9.69. The number of ether oxygens (including phenoxy) is 2. The van der Waals surface area contributed by atoms with Crippen LogP contribution < -0.4 is 10.6 Å². The Labute approximate surface area is 185 Å². The summed E-state index contributed by atoms with van der Waals surface area (Å²) in [5.74, 6) is -3.14. The van der Waals surface area contributed by atoms with Crippen molar-refractivity contribution in [2.24, 2.45) is 5.73 Å². The van der Waals surface area contributed by atoms with Gasteiger partial charge in [0.2, 0.25) is 0 Å². The van der Waals surface area contributed by atoms with Crippen LogP contribution in [0.4, 0.5) is 10.1 Å². The van der Waals surface area contributed by atoms with E-state index < -0.39 is 23.7 Å². The van der Waals surface area contributed by atoms with Crippen LogP contribution in [0.25, 0.3) is 0 Å². The van der Waals surface area contributed by atoms with Crippen molar-refractivity contribution in [2.45, 2.75) is 19.8 Å². The monoisotopic (exact) mass is 435 g/mol. The first-order chi connectivity index (χ1) is 15.3. The van der Waals surface area contributed by atoms with Crippen LogP contribution in [0.15, 0.2) is 65.1 Å². The third-order valence-corrected chi connectivity index (χ3v) is 5.54. The number of anilines is 1. The van der Waals surface area contributed by atoms with Crippen LogP contribution in [0.3, 0.4) is 0 Å². The predicted molar refractivity (Wildman–Crippen MR) is 115 cm³/mol. The standard InChI is InChI=1S/C24H22FN3O4/c1-13-14(2)18(11-10-17(13)25)28-21(24(30)32-4)20(23(29)31-3)19(16(12-26)22(28)27)15-8-6-5-7-9-15/h5-11,19H,27H2,1-4H3. The minimum absolute atomic E-state index is 0.0469. The van der Waals surface area contributed by atoms with Gasteiger partial charge >= 0.3 is 11.9 Å². The van der Waals surface area contributed by atoms with Gasteiger partial charge in [-0.2, -0.15) is 5.26 Å². The lowest BCUT2D eigenvalue weighted by Crippen LogP contribution is -2.41. The maximum absolute atomic E-state index is 14.1. The van der Waals surface area contributed by atoms with E-state index in [1.54, 1.807) is 44.2 Å². The van der Waals surface area contributed by atoms with Crippen LogP contribution in [0.1, 0.15) is 22.6 Å². The van der Waals surface area contributed by atoms with Gasteiger partial charge < -0.3 is 15.2 Å². The molecule has 0 bridgehead atoms. The average molecular weight is 435 g/mol. The minimum atomic E-state index is -0.958. The zero-order chi connectivity index (χ0) is 23.6. The van der Waals surface area contributed by atoms with E-state index in [1.807, 2.05) is 0 Å². The Kier molecular flexibility index (Phi) is 6.30. The van der Waals surface area contributed by atoms with Crippen molar-refractivity contribution in [3.63, 3.8) is 0 Å². The van der Waals surface area contributed by atoms with Gasteiger partial charge in [-0.15, -0.1) is 0 Å². The van der Waals surface area contributed by atoms with Crippen LogP contribution in [-0.4, -0.2) is 26.2 Å². The van der Waals surface area contributed by atoms with Crippen molar-refractivity contribution in [2.75, 3.05) is 19.1 Å². The predicted octanol–water partition coefficient (Wildman–Crippen LogP) is 3.34. The SMILES string of the molecule is COC(=O)C1=C(C(=O)OC)N(c2ccc(F)c(C)c2C)C(N)=C(C#N)C1c1ccccc1. The van der Waals surface area contributed by atoms with Crippen molar-refractivity contribution in [3.05, 3.63) is 87.6 Å². The molecule has 0 fully saturated rings. The van der Waals surface area contributed by atoms with Gasteiger partial charge in [0.05, 0.1) is 43.0 Å². The number of allylic oxidation sites excluding steroid dienone is 1. The van der Waals surface area contributed by atoms with Gasteiger partial charge in [-0.25, -0.2) is 14.0 Å². The van der Waals surface area contributed by atoms with Crippen LogP contribution >= 0.6 is 0 Å². The summed E-state index contributed by atoms with van der Waals surface area (Å²) in [4.78, 5) is 27.2. The lowest BCUT2D eigenvalue weighted by Gasteiger charge is -2.36. The fourth-order valence-corrected chi connectivity index (χ4v) is 3.78. The summed E-state index contributed by atoms with van der Waals surface area (Å²) in [6, 6.07) is 13.4. The average Bonchev–Trinajstić information content (AvgIpc) is 2.81. The molecule has 1 atom stereocenters. The highest BCUT2D eigenvalue weighted by atomic mass is 19.1. The van der Waals surface area contributed by atoms with Gasteiger partial charge in [-0.05, 0) is 42.7 Å². The number of nitrogens with zero attached hydrogens (tertiary/aromatic N) is 2. The zero-order valence-corrected chi connectivity index (χ0v) is 18.1. The number of carbonyl (C=O) groups is 2. The normalized spacial score (nSPS) is 16.0. The van der Waals surface area contributed by atoms with Crippen molar-refractivity contribution < 1.29 is 23.5 Å². The molecular weight excluding hydrogens is 413 g/mol. The second-order valence-corrected chi connectivity index (χ2v) is 7.15. The van der Waals surface area contributed by atoms with Gasteiger partial charge in [0.25, 0.3) is 0 Å². The van der Waals surface area contributed by atoms with Crippen molar-refractivity contribution in [1.29, 1.82) is 5.26 Å². The van der Waals surface area contributed by atoms with Gasteiger partial charge in [0, 0.05) is 0 Å². The third-order valence-electron chi connectivity index (χ3n) is 5.54. The molecular formula is C24H22FN3O4. The minimum Gasteiger partial charge on any atom is -0.466 e. The lowest BCUT2D eigenvalue weighted by molar-refractivity contribution is -0.139. The number of halogens is 1. The van der Waals surface area contributed by atoms with Gasteiger partial charge in [0.15, 0.2) is 0 Å². The number of nitriles is 1. The van der Waals surface area contributed by atoms with E-state index in [9.17, 15) is 19.2 Å². The summed E-state index contributed by atoms with van der Waals surface area (Å²) < 4.78 is 24.1. The molecule has 2 N–H and O–H groups in total. The molecule has 2 aromatic carbocycles. The first kappa shape index (κ1) is 22.6. The molecule has 32 heavy (non-hydrogen) atoms. The summed E-state index contributed by atoms with van der Waals surface area (Å²) in [6.45, 7) is 3.24. The largest absolute Gasteiger partial charge is 0.466 e. The summed E-state index contributed by atoms with van der Waals surface area (Å²) in [5, 5.41) is 10.0. The molecule has 0 aliphatic carbocycles. The van der Waals surface area contributed by atoms with E-state index in [4.69, 9.17) is 15.2 Å². The molecule has 0 spiro atoms. The molecule has 8 heteroatoms. The Hall–Kier alpha value is -4.12. The second-order valence-electron chi connectivity index (χ2n) is 7.15. The van der Waals surface area contributed by atoms with E-state index in [2.05, 4.69) is 6.07 Å². The van der Waals surface area contributed by atoms with E-state index >= 15 is 0 Å². The van der Waals surface area contributed by atoms with Crippen molar-refractivity contribution in [1.82, 2.24) is 0 Å². The van der Waals surface area contributed by atoms with Gasteiger partial charge in [-0.1, -0.05) is 30.3 Å². The topological polar surface area (TPSA) is 106 Å². The van der Waals surface area contributed by atoms with Crippen molar-refractivity contribution >= 4 is 17.6 Å². The number of carbonyl (C=O) groups excluding carboxylic acids is 2. The molecule has 164 valence electrons.